The largest absolute Gasteiger partial charge is 0.368 e. The van der Waals surface area contributed by atoms with Crippen molar-refractivity contribution in [2.24, 2.45) is 0 Å². The molecule has 0 amide bonds. The van der Waals surface area contributed by atoms with Crippen LogP contribution in [-0.4, -0.2) is 29.7 Å². The molecular weight excluding hydrogens is 306 g/mol. The molecule has 0 aliphatic carbocycles. The Labute approximate surface area is 120 Å². The van der Waals surface area contributed by atoms with Crippen molar-refractivity contribution in [1.29, 1.82) is 0 Å². The van der Waals surface area contributed by atoms with Gasteiger partial charge in [-0.2, -0.15) is 0 Å². The number of benzene rings is 1. The predicted molar refractivity (Wildman–Crippen MR) is 76.7 cm³/mol. The monoisotopic (exact) mass is 319 g/mol. The molecule has 1 aromatic carbocycles. The molecule has 5 heteroatoms. The Hall–Kier alpha value is -1.30. The molecule has 2 heterocycles. The zero-order valence-corrected chi connectivity index (χ0v) is 11.9. The summed E-state index contributed by atoms with van der Waals surface area (Å²) in [5.74, 6) is 0.743. The van der Waals surface area contributed by atoms with Gasteiger partial charge >= 0.3 is 0 Å². The molecule has 98 valence electrons. The second-order valence-corrected chi connectivity index (χ2v) is 5.29. The molecular formula is C14H14BrN3O. The SMILES string of the molecule is Brc1ccc(-c2ccnc(C3CNCCO3)n2)cc1. The zero-order valence-electron chi connectivity index (χ0n) is 10.3. The smallest absolute Gasteiger partial charge is 0.159 e. The molecule has 1 N–H and O–H groups in total. The van der Waals surface area contributed by atoms with Crippen LogP contribution in [0.1, 0.15) is 11.9 Å². The summed E-state index contributed by atoms with van der Waals surface area (Å²) >= 11 is 3.43. The summed E-state index contributed by atoms with van der Waals surface area (Å²) in [6.45, 7) is 2.36. The molecule has 2 aromatic rings. The Balaban J connectivity index is 1.88. The van der Waals surface area contributed by atoms with Crippen LogP contribution >= 0.6 is 15.9 Å². The van der Waals surface area contributed by atoms with Crippen molar-refractivity contribution >= 4 is 15.9 Å². The number of nitrogens with zero attached hydrogens (tertiary/aromatic N) is 2. The summed E-state index contributed by atoms with van der Waals surface area (Å²) < 4.78 is 6.74. The van der Waals surface area contributed by atoms with Crippen molar-refractivity contribution < 1.29 is 4.74 Å². The minimum Gasteiger partial charge on any atom is -0.368 e. The van der Waals surface area contributed by atoms with Gasteiger partial charge in [-0.15, -0.1) is 0 Å². The highest BCUT2D eigenvalue weighted by Gasteiger charge is 2.18. The fraction of sp³-hybridized carbons (Fsp3) is 0.286. The van der Waals surface area contributed by atoms with Crippen molar-refractivity contribution in [3.8, 4) is 11.3 Å². The fourth-order valence-electron chi connectivity index (χ4n) is 2.04. The molecule has 1 aliphatic rings. The van der Waals surface area contributed by atoms with Crippen molar-refractivity contribution in [1.82, 2.24) is 15.3 Å². The standard InChI is InChI=1S/C14H14BrN3O/c15-11-3-1-10(2-4-11)12-5-6-17-14(18-12)13-9-16-7-8-19-13/h1-6,13,16H,7-9H2. The lowest BCUT2D eigenvalue weighted by atomic mass is 10.1. The Kier molecular flexibility index (Phi) is 3.87. The second-order valence-electron chi connectivity index (χ2n) is 4.37. The third-order valence-corrected chi connectivity index (χ3v) is 3.56. The van der Waals surface area contributed by atoms with Crippen LogP contribution in [0.3, 0.4) is 0 Å². The van der Waals surface area contributed by atoms with E-state index in [0.717, 1.165) is 34.6 Å². The molecule has 1 fully saturated rings. The molecule has 0 spiro atoms. The third-order valence-electron chi connectivity index (χ3n) is 3.03. The van der Waals surface area contributed by atoms with Crippen molar-refractivity contribution in [2.75, 3.05) is 19.7 Å². The lowest BCUT2D eigenvalue weighted by molar-refractivity contribution is 0.0222. The number of hydrogen-bond acceptors (Lipinski definition) is 4. The molecule has 3 rings (SSSR count). The lowest BCUT2D eigenvalue weighted by Gasteiger charge is -2.22. The van der Waals surface area contributed by atoms with Gasteiger partial charge in [-0.25, -0.2) is 9.97 Å². The van der Waals surface area contributed by atoms with Crippen molar-refractivity contribution in [3.05, 3.63) is 46.8 Å². The second kappa shape index (κ2) is 5.77. The summed E-state index contributed by atoms with van der Waals surface area (Å²) in [6, 6.07) is 10.0. The minimum atomic E-state index is -0.0517. The quantitative estimate of drug-likeness (QED) is 0.924. The molecule has 4 nitrogen and oxygen atoms in total. The summed E-state index contributed by atoms with van der Waals surface area (Å²) in [5.41, 5.74) is 2.00. The Morgan fingerprint density at radius 2 is 2.05 bits per heavy atom. The highest BCUT2D eigenvalue weighted by molar-refractivity contribution is 9.10. The number of hydrogen-bond donors (Lipinski definition) is 1. The average Bonchev–Trinajstić information content (AvgIpc) is 2.49. The van der Waals surface area contributed by atoms with E-state index >= 15 is 0 Å². The molecule has 1 atom stereocenters. The summed E-state index contributed by atoms with van der Waals surface area (Å²) in [4.78, 5) is 8.93. The van der Waals surface area contributed by atoms with Gasteiger partial charge in [0.25, 0.3) is 0 Å². The number of morpholine rings is 1. The first-order chi connectivity index (χ1) is 9.33. The van der Waals surface area contributed by atoms with Crippen molar-refractivity contribution in [3.63, 3.8) is 0 Å². The van der Waals surface area contributed by atoms with E-state index < -0.39 is 0 Å². The van der Waals surface area contributed by atoms with E-state index in [4.69, 9.17) is 4.74 Å². The van der Waals surface area contributed by atoms with Crippen LogP contribution in [0.25, 0.3) is 11.3 Å². The zero-order chi connectivity index (χ0) is 13.1. The Morgan fingerprint density at radius 3 is 2.79 bits per heavy atom. The van der Waals surface area contributed by atoms with Gasteiger partial charge in [0.15, 0.2) is 5.82 Å². The van der Waals surface area contributed by atoms with E-state index in [0.29, 0.717) is 6.61 Å². The van der Waals surface area contributed by atoms with Crippen LogP contribution in [0.15, 0.2) is 41.0 Å². The number of ether oxygens (including phenoxy) is 1. The van der Waals surface area contributed by atoms with E-state index in [1.54, 1.807) is 6.20 Å². The van der Waals surface area contributed by atoms with Crippen LogP contribution in [0.5, 0.6) is 0 Å². The van der Waals surface area contributed by atoms with Gasteiger partial charge in [0, 0.05) is 29.3 Å². The van der Waals surface area contributed by atoms with Crippen LogP contribution in [-0.2, 0) is 4.74 Å². The maximum Gasteiger partial charge on any atom is 0.159 e. The third kappa shape index (κ3) is 3.00. The topological polar surface area (TPSA) is 47.0 Å². The van der Waals surface area contributed by atoms with Crippen molar-refractivity contribution in [2.45, 2.75) is 6.10 Å². The Morgan fingerprint density at radius 1 is 1.21 bits per heavy atom. The molecule has 0 bridgehead atoms. The van der Waals surface area contributed by atoms with E-state index in [2.05, 4.69) is 31.2 Å². The molecule has 0 saturated carbocycles. The van der Waals surface area contributed by atoms with Gasteiger partial charge in [0.2, 0.25) is 0 Å². The van der Waals surface area contributed by atoms with Crippen LogP contribution in [0.4, 0.5) is 0 Å². The normalized spacial score (nSPS) is 19.3. The van der Waals surface area contributed by atoms with E-state index in [-0.39, 0.29) is 6.10 Å². The molecule has 1 saturated heterocycles. The highest BCUT2D eigenvalue weighted by atomic mass is 79.9. The minimum absolute atomic E-state index is 0.0517. The maximum atomic E-state index is 5.68. The van der Waals surface area contributed by atoms with Gasteiger partial charge in [0.1, 0.15) is 6.10 Å². The fourth-order valence-corrected chi connectivity index (χ4v) is 2.31. The number of halogens is 1. The summed E-state index contributed by atoms with van der Waals surface area (Å²) in [6.07, 6.45) is 1.74. The van der Waals surface area contributed by atoms with Gasteiger partial charge in [0.05, 0.1) is 12.3 Å². The number of aromatic nitrogens is 2. The van der Waals surface area contributed by atoms with Gasteiger partial charge in [-0.05, 0) is 18.2 Å². The van der Waals surface area contributed by atoms with E-state index in [1.807, 2.05) is 30.3 Å². The van der Waals surface area contributed by atoms with E-state index in [1.165, 1.54) is 0 Å². The molecule has 1 aromatic heterocycles. The van der Waals surface area contributed by atoms with Gasteiger partial charge in [-0.3, -0.25) is 0 Å². The summed E-state index contributed by atoms with van der Waals surface area (Å²) in [5, 5.41) is 3.29. The van der Waals surface area contributed by atoms with E-state index in [9.17, 15) is 0 Å². The average molecular weight is 320 g/mol. The first-order valence-electron chi connectivity index (χ1n) is 6.24. The predicted octanol–water partition coefficient (Wildman–Crippen LogP) is 2.57. The molecule has 0 radical (unpaired) electrons. The first-order valence-corrected chi connectivity index (χ1v) is 7.03. The van der Waals surface area contributed by atoms with Gasteiger partial charge in [-0.1, -0.05) is 28.1 Å². The highest BCUT2D eigenvalue weighted by Crippen LogP contribution is 2.22. The van der Waals surface area contributed by atoms with Crippen LogP contribution in [0.2, 0.25) is 0 Å². The molecule has 1 aliphatic heterocycles. The molecule has 19 heavy (non-hydrogen) atoms. The van der Waals surface area contributed by atoms with Crippen LogP contribution < -0.4 is 5.32 Å². The van der Waals surface area contributed by atoms with Gasteiger partial charge < -0.3 is 10.1 Å². The summed E-state index contributed by atoms with van der Waals surface area (Å²) in [7, 11) is 0. The molecule has 1 unspecified atom stereocenters. The first kappa shape index (κ1) is 12.7. The maximum absolute atomic E-state index is 5.68. The lowest BCUT2D eigenvalue weighted by Crippen LogP contribution is -2.34. The van der Waals surface area contributed by atoms with Crippen LogP contribution in [0, 0.1) is 0 Å². The number of nitrogens with one attached hydrogen (secondary N) is 1. The number of rotatable bonds is 2. The Bertz CT molecular complexity index is 553.